The molecule has 0 saturated carbocycles. The molecule has 0 atom stereocenters. The van der Waals surface area contributed by atoms with Gasteiger partial charge in [-0.3, -0.25) is 0 Å². The summed E-state index contributed by atoms with van der Waals surface area (Å²) in [5, 5.41) is 6.50. The third-order valence-corrected chi connectivity index (χ3v) is 0.940. The lowest BCUT2D eigenvalue weighted by atomic mass is 10.2. The molecule has 0 amide bonds. The van der Waals surface area contributed by atoms with Gasteiger partial charge in [-0.15, -0.1) is 0 Å². The van der Waals surface area contributed by atoms with Crippen molar-refractivity contribution >= 4 is 0 Å². The van der Waals surface area contributed by atoms with E-state index in [1.807, 2.05) is 18.2 Å². The van der Waals surface area contributed by atoms with Gasteiger partial charge in [-0.2, -0.15) is 0 Å². The van der Waals surface area contributed by atoms with E-state index in [1.165, 1.54) is 5.56 Å². The first-order valence-electron chi connectivity index (χ1n) is 2.67. The van der Waals surface area contributed by atoms with Crippen LogP contribution in [0.25, 0.3) is 0 Å². The van der Waals surface area contributed by atoms with Crippen LogP contribution < -0.4 is 5.90 Å². The Labute approximate surface area is 54.9 Å². The molecule has 1 aromatic rings. The van der Waals surface area contributed by atoms with Crippen LogP contribution in [-0.2, 0) is 0 Å². The molecule has 0 fully saturated rings. The van der Waals surface area contributed by atoms with Gasteiger partial charge < -0.3 is 5.21 Å². The summed E-state index contributed by atoms with van der Waals surface area (Å²) in [5.41, 5.74) is 1.32. The topological polar surface area (TPSA) is 46.2 Å². The Balaban J connectivity index is 0.000000291. The summed E-state index contributed by atoms with van der Waals surface area (Å²) in [7, 11) is 0. The lowest BCUT2D eigenvalue weighted by Crippen LogP contribution is -1.72. The van der Waals surface area contributed by atoms with Crippen LogP contribution in [-0.4, -0.2) is 5.21 Å². The van der Waals surface area contributed by atoms with Crippen LogP contribution in [0.4, 0.5) is 0 Å². The number of aryl methyl sites for hydroxylation is 1. The molecule has 0 radical (unpaired) electrons. The average Bonchev–Trinajstić information content (AvgIpc) is 1.94. The van der Waals surface area contributed by atoms with Crippen molar-refractivity contribution in [3.8, 4) is 0 Å². The fourth-order valence-corrected chi connectivity index (χ4v) is 0.534. The summed E-state index contributed by atoms with van der Waals surface area (Å²) in [5.74, 6) is 3.50. The van der Waals surface area contributed by atoms with E-state index in [0.717, 1.165) is 0 Å². The second kappa shape index (κ2) is 5.28. The molecule has 0 aliphatic carbocycles. The SMILES string of the molecule is Cc1ccccc1.NO. The zero-order valence-corrected chi connectivity index (χ0v) is 5.41. The van der Waals surface area contributed by atoms with Crippen molar-refractivity contribution in [2.45, 2.75) is 6.92 Å². The molecule has 0 aliphatic rings. The molecule has 2 heteroatoms. The van der Waals surface area contributed by atoms with Gasteiger partial charge in [-0.05, 0) is 6.92 Å². The van der Waals surface area contributed by atoms with Crippen molar-refractivity contribution in [2.24, 2.45) is 5.90 Å². The van der Waals surface area contributed by atoms with Gasteiger partial charge in [-0.25, -0.2) is 5.90 Å². The first-order valence-corrected chi connectivity index (χ1v) is 2.67. The van der Waals surface area contributed by atoms with E-state index in [4.69, 9.17) is 5.21 Å². The highest BCUT2D eigenvalue weighted by atomic mass is 16.4. The predicted molar refractivity (Wildman–Crippen MR) is 37.2 cm³/mol. The van der Waals surface area contributed by atoms with Crippen LogP contribution in [0.5, 0.6) is 0 Å². The Morgan fingerprint density at radius 1 is 1.11 bits per heavy atom. The summed E-state index contributed by atoms with van der Waals surface area (Å²) in [6.07, 6.45) is 0. The summed E-state index contributed by atoms with van der Waals surface area (Å²) in [6.45, 7) is 2.08. The lowest BCUT2D eigenvalue weighted by Gasteiger charge is -1.82. The van der Waals surface area contributed by atoms with Crippen molar-refractivity contribution in [3.63, 3.8) is 0 Å². The highest BCUT2D eigenvalue weighted by Crippen LogP contribution is 1.92. The van der Waals surface area contributed by atoms with E-state index >= 15 is 0 Å². The van der Waals surface area contributed by atoms with Crippen molar-refractivity contribution in [2.75, 3.05) is 0 Å². The molecule has 0 bridgehead atoms. The van der Waals surface area contributed by atoms with Crippen molar-refractivity contribution < 1.29 is 5.21 Å². The monoisotopic (exact) mass is 125 g/mol. The lowest BCUT2D eigenvalue weighted by molar-refractivity contribution is 0.311. The molecule has 9 heavy (non-hydrogen) atoms. The molecule has 0 unspecified atom stereocenters. The van der Waals surface area contributed by atoms with E-state index < -0.39 is 0 Å². The maximum absolute atomic E-state index is 6.50. The standard InChI is InChI=1S/C7H8.H3NO/c1-7-5-3-2-4-6-7;1-2/h2-6H,1H3;2H,1H2. The molecule has 2 nitrogen and oxygen atoms in total. The van der Waals surface area contributed by atoms with E-state index in [0.29, 0.717) is 0 Å². The first-order chi connectivity index (χ1) is 4.39. The van der Waals surface area contributed by atoms with Crippen molar-refractivity contribution in [1.82, 2.24) is 0 Å². The second-order valence-electron chi connectivity index (χ2n) is 1.65. The quantitative estimate of drug-likeness (QED) is 0.514. The third-order valence-electron chi connectivity index (χ3n) is 0.940. The number of benzene rings is 1. The van der Waals surface area contributed by atoms with E-state index in [1.54, 1.807) is 0 Å². The first kappa shape index (κ1) is 8.14. The zero-order valence-electron chi connectivity index (χ0n) is 5.41. The van der Waals surface area contributed by atoms with Crippen LogP contribution in [0.15, 0.2) is 30.3 Å². The normalized spacial score (nSPS) is 7.44. The Morgan fingerprint density at radius 2 is 1.56 bits per heavy atom. The Bertz CT molecular complexity index is 139. The van der Waals surface area contributed by atoms with Gasteiger partial charge in [0, 0.05) is 0 Å². The van der Waals surface area contributed by atoms with E-state index in [9.17, 15) is 0 Å². The van der Waals surface area contributed by atoms with Gasteiger partial charge in [0.15, 0.2) is 0 Å². The minimum Gasteiger partial charge on any atom is -0.320 e. The maximum atomic E-state index is 6.50. The second-order valence-corrected chi connectivity index (χ2v) is 1.65. The van der Waals surface area contributed by atoms with Crippen LogP contribution in [0.3, 0.4) is 0 Å². The molecule has 1 rings (SSSR count). The fraction of sp³-hybridized carbons (Fsp3) is 0.143. The third kappa shape index (κ3) is 3.70. The molecular weight excluding hydrogens is 114 g/mol. The van der Waals surface area contributed by atoms with Gasteiger partial charge >= 0.3 is 0 Å². The summed E-state index contributed by atoms with van der Waals surface area (Å²) >= 11 is 0. The minimum atomic E-state index is 1.32. The molecule has 1 aromatic carbocycles. The van der Waals surface area contributed by atoms with Crippen LogP contribution in [0.2, 0.25) is 0 Å². The summed E-state index contributed by atoms with van der Waals surface area (Å²) in [6, 6.07) is 10.3. The van der Waals surface area contributed by atoms with E-state index in [2.05, 4.69) is 25.0 Å². The molecule has 0 aliphatic heterocycles. The molecule has 0 saturated heterocycles. The number of hydrogen-bond acceptors (Lipinski definition) is 2. The summed E-state index contributed by atoms with van der Waals surface area (Å²) in [4.78, 5) is 0. The largest absolute Gasteiger partial charge is 0.320 e. The Kier molecular flexibility index (Phi) is 4.78. The molecule has 0 spiro atoms. The van der Waals surface area contributed by atoms with Crippen molar-refractivity contribution in [3.05, 3.63) is 35.9 Å². The van der Waals surface area contributed by atoms with Gasteiger partial charge in [-0.1, -0.05) is 35.9 Å². The van der Waals surface area contributed by atoms with Crippen LogP contribution in [0.1, 0.15) is 5.56 Å². The molecule has 0 aromatic heterocycles. The highest BCUT2D eigenvalue weighted by molar-refractivity contribution is 5.11. The van der Waals surface area contributed by atoms with E-state index in [-0.39, 0.29) is 0 Å². The zero-order chi connectivity index (χ0) is 7.11. The number of rotatable bonds is 0. The number of hydrogen-bond donors (Lipinski definition) is 2. The van der Waals surface area contributed by atoms with Gasteiger partial charge in [0.25, 0.3) is 0 Å². The Hall–Kier alpha value is -0.860. The molecule has 0 heterocycles. The smallest absolute Gasteiger partial charge is 0.0398 e. The minimum absolute atomic E-state index is 1.32. The highest BCUT2D eigenvalue weighted by Gasteiger charge is 1.72. The predicted octanol–water partition coefficient (Wildman–Crippen LogP) is 1.33. The van der Waals surface area contributed by atoms with Crippen LogP contribution >= 0.6 is 0 Å². The fourth-order valence-electron chi connectivity index (χ4n) is 0.534. The number of nitrogens with two attached hydrogens (primary N) is 1. The van der Waals surface area contributed by atoms with Crippen LogP contribution in [0, 0.1) is 6.92 Å². The van der Waals surface area contributed by atoms with Gasteiger partial charge in [0.2, 0.25) is 0 Å². The molecule has 3 N–H and O–H groups in total. The maximum Gasteiger partial charge on any atom is -0.0398 e. The Morgan fingerprint density at radius 3 is 1.78 bits per heavy atom. The van der Waals surface area contributed by atoms with Gasteiger partial charge in [0.05, 0.1) is 0 Å². The molecular formula is C7H11NO. The van der Waals surface area contributed by atoms with Gasteiger partial charge in [0.1, 0.15) is 0 Å². The summed E-state index contributed by atoms with van der Waals surface area (Å²) < 4.78 is 0. The van der Waals surface area contributed by atoms with Crippen molar-refractivity contribution in [1.29, 1.82) is 0 Å². The average molecular weight is 125 g/mol. The molecule has 50 valence electrons.